The highest BCUT2D eigenvalue weighted by Crippen LogP contribution is 2.32. The number of nitro benzene ring substituents is 1. The lowest BCUT2D eigenvalue weighted by atomic mass is 10.2. The maximum absolute atomic E-state index is 11.2. The summed E-state index contributed by atoms with van der Waals surface area (Å²) in [4.78, 5) is 10.7. The molecule has 0 radical (unpaired) electrons. The standard InChI is InChI=1S/C17H15N5O4S/c1-25-12-7-8-13(15(9-12)26-2)16-19-20-17(27)21(16)18-10-11-5-3-4-6-14(11)22(23)24/h3-10H,1-2H3,(H,20,27)/b18-10-. The summed E-state index contributed by atoms with van der Waals surface area (Å²) in [5.74, 6) is 1.54. The molecule has 27 heavy (non-hydrogen) atoms. The molecule has 0 bridgehead atoms. The van der Waals surface area contributed by atoms with E-state index in [1.54, 1.807) is 43.5 Å². The number of hydrogen-bond donors (Lipinski definition) is 1. The zero-order valence-electron chi connectivity index (χ0n) is 14.4. The molecule has 0 aliphatic carbocycles. The fourth-order valence-electron chi connectivity index (χ4n) is 2.44. The Morgan fingerprint density at radius 2 is 2.04 bits per heavy atom. The molecule has 3 aromatic rings. The Kier molecular flexibility index (Phi) is 5.27. The van der Waals surface area contributed by atoms with E-state index in [-0.39, 0.29) is 10.5 Å². The average molecular weight is 385 g/mol. The van der Waals surface area contributed by atoms with Crippen LogP contribution in [0.5, 0.6) is 11.5 Å². The summed E-state index contributed by atoms with van der Waals surface area (Å²) < 4.78 is 12.2. The van der Waals surface area contributed by atoms with Gasteiger partial charge in [0.1, 0.15) is 11.5 Å². The minimum absolute atomic E-state index is 0.0557. The maximum Gasteiger partial charge on any atom is 0.278 e. The first-order valence-corrected chi connectivity index (χ1v) is 8.13. The van der Waals surface area contributed by atoms with E-state index in [2.05, 4.69) is 15.3 Å². The van der Waals surface area contributed by atoms with Gasteiger partial charge in [0, 0.05) is 12.1 Å². The summed E-state index contributed by atoms with van der Waals surface area (Å²) in [6.45, 7) is 0. The van der Waals surface area contributed by atoms with Gasteiger partial charge in [-0.3, -0.25) is 10.1 Å². The number of aromatic amines is 1. The van der Waals surface area contributed by atoms with Gasteiger partial charge in [0.25, 0.3) is 5.69 Å². The van der Waals surface area contributed by atoms with Gasteiger partial charge >= 0.3 is 0 Å². The van der Waals surface area contributed by atoms with Gasteiger partial charge in [-0.05, 0) is 30.4 Å². The molecular weight excluding hydrogens is 370 g/mol. The van der Waals surface area contributed by atoms with Crippen LogP contribution in [0.25, 0.3) is 11.4 Å². The lowest BCUT2D eigenvalue weighted by Crippen LogP contribution is -1.99. The maximum atomic E-state index is 11.2. The third-order valence-electron chi connectivity index (χ3n) is 3.75. The van der Waals surface area contributed by atoms with E-state index < -0.39 is 4.92 Å². The molecule has 0 aliphatic rings. The highest BCUT2D eigenvalue weighted by molar-refractivity contribution is 7.71. The van der Waals surface area contributed by atoms with Crippen molar-refractivity contribution in [2.24, 2.45) is 5.10 Å². The molecule has 0 unspecified atom stereocenters. The van der Waals surface area contributed by atoms with Crippen LogP contribution in [0.1, 0.15) is 5.56 Å². The molecule has 0 aliphatic heterocycles. The predicted molar refractivity (Wildman–Crippen MR) is 102 cm³/mol. The van der Waals surface area contributed by atoms with Crippen LogP contribution in [0.3, 0.4) is 0 Å². The molecule has 0 spiro atoms. The van der Waals surface area contributed by atoms with E-state index in [1.165, 1.54) is 24.1 Å². The fraction of sp³-hybridized carbons (Fsp3) is 0.118. The Balaban J connectivity index is 2.07. The summed E-state index contributed by atoms with van der Waals surface area (Å²) in [5.41, 5.74) is 0.920. The molecular formula is C17H15N5O4S. The first-order valence-electron chi connectivity index (χ1n) is 7.72. The Labute approximate surface area is 159 Å². The first kappa shape index (κ1) is 18.3. The molecule has 0 saturated heterocycles. The molecule has 0 fully saturated rings. The van der Waals surface area contributed by atoms with Crippen molar-refractivity contribution in [1.82, 2.24) is 14.9 Å². The van der Waals surface area contributed by atoms with E-state index >= 15 is 0 Å². The lowest BCUT2D eigenvalue weighted by molar-refractivity contribution is -0.385. The van der Waals surface area contributed by atoms with Gasteiger partial charge in [-0.1, -0.05) is 12.1 Å². The molecule has 138 valence electrons. The van der Waals surface area contributed by atoms with Crippen LogP contribution in [0, 0.1) is 14.9 Å². The fourth-order valence-corrected chi connectivity index (χ4v) is 2.62. The predicted octanol–water partition coefficient (Wildman–Crippen LogP) is 3.42. The van der Waals surface area contributed by atoms with Gasteiger partial charge < -0.3 is 9.47 Å². The summed E-state index contributed by atoms with van der Waals surface area (Å²) in [6, 6.07) is 11.5. The van der Waals surface area contributed by atoms with Crippen molar-refractivity contribution in [2.75, 3.05) is 14.2 Å². The molecule has 10 heteroatoms. The van der Waals surface area contributed by atoms with Crippen LogP contribution in [-0.4, -0.2) is 40.2 Å². The number of hydrogen-bond acceptors (Lipinski definition) is 7. The number of benzene rings is 2. The molecule has 2 aromatic carbocycles. The number of nitrogens with zero attached hydrogens (tertiary/aromatic N) is 4. The number of aromatic nitrogens is 3. The number of ether oxygens (including phenoxy) is 2. The lowest BCUT2D eigenvalue weighted by Gasteiger charge is -2.09. The zero-order valence-corrected chi connectivity index (χ0v) is 15.3. The van der Waals surface area contributed by atoms with Crippen molar-refractivity contribution < 1.29 is 14.4 Å². The normalized spacial score (nSPS) is 10.9. The van der Waals surface area contributed by atoms with Crippen molar-refractivity contribution in [2.45, 2.75) is 0 Å². The van der Waals surface area contributed by atoms with E-state index in [1.807, 2.05) is 0 Å². The quantitative estimate of drug-likeness (QED) is 0.301. The third-order valence-corrected chi connectivity index (χ3v) is 4.01. The number of para-hydroxylation sites is 1. The van der Waals surface area contributed by atoms with Crippen molar-refractivity contribution >= 4 is 24.1 Å². The van der Waals surface area contributed by atoms with Gasteiger partial charge in [0.05, 0.1) is 36.5 Å². The minimum Gasteiger partial charge on any atom is -0.497 e. The summed E-state index contributed by atoms with van der Waals surface area (Å²) in [6.07, 6.45) is 1.36. The Bertz CT molecular complexity index is 1070. The zero-order chi connectivity index (χ0) is 19.4. The molecule has 0 atom stereocenters. The minimum atomic E-state index is -0.469. The van der Waals surface area contributed by atoms with Gasteiger partial charge in [-0.15, -0.1) is 0 Å². The number of nitro groups is 1. The van der Waals surface area contributed by atoms with Crippen LogP contribution >= 0.6 is 12.2 Å². The molecule has 3 rings (SSSR count). The monoisotopic (exact) mass is 385 g/mol. The van der Waals surface area contributed by atoms with Crippen molar-refractivity contribution in [3.05, 3.63) is 62.9 Å². The third kappa shape index (κ3) is 3.70. The second-order valence-corrected chi connectivity index (χ2v) is 5.68. The molecule has 1 N–H and O–H groups in total. The number of nitrogens with one attached hydrogen (secondary N) is 1. The van der Waals surface area contributed by atoms with Crippen LogP contribution in [0.15, 0.2) is 47.6 Å². The highest BCUT2D eigenvalue weighted by Gasteiger charge is 2.15. The van der Waals surface area contributed by atoms with Crippen LogP contribution in [0.4, 0.5) is 5.69 Å². The summed E-state index contributed by atoms with van der Waals surface area (Å²) in [5, 5.41) is 22.3. The Morgan fingerprint density at radius 1 is 1.26 bits per heavy atom. The van der Waals surface area contributed by atoms with Gasteiger partial charge in [0.2, 0.25) is 4.77 Å². The molecule has 0 amide bonds. The molecule has 1 heterocycles. The smallest absolute Gasteiger partial charge is 0.278 e. The Hall–Kier alpha value is -3.53. The Morgan fingerprint density at radius 3 is 2.74 bits per heavy atom. The van der Waals surface area contributed by atoms with E-state index in [9.17, 15) is 10.1 Å². The SMILES string of the molecule is COc1ccc(-c2n[nH]c(=S)n2/N=C\c2ccccc2[N+](=O)[O-])c(OC)c1. The van der Waals surface area contributed by atoms with E-state index in [0.717, 1.165) is 0 Å². The number of methoxy groups -OCH3 is 2. The second kappa shape index (κ2) is 7.79. The van der Waals surface area contributed by atoms with Gasteiger partial charge in [-0.25, -0.2) is 5.10 Å². The highest BCUT2D eigenvalue weighted by atomic mass is 32.1. The summed E-state index contributed by atoms with van der Waals surface area (Å²) >= 11 is 5.23. The first-order chi connectivity index (χ1) is 13.0. The van der Waals surface area contributed by atoms with E-state index in [4.69, 9.17) is 21.7 Å². The average Bonchev–Trinajstić information content (AvgIpc) is 3.06. The van der Waals surface area contributed by atoms with Gasteiger partial charge in [0.15, 0.2) is 5.82 Å². The van der Waals surface area contributed by atoms with E-state index in [0.29, 0.717) is 28.5 Å². The largest absolute Gasteiger partial charge is 0.497 e. The van der Waals surface area contributed by atoms with Crippen LogP contribution in [-0.2, 0) is 0 Å². The molecule has 9 nitrogen and oxygen atoms in total. The topological polar surface area (TPSA) is 108 Å². The summed E-state index contributed by atoms with van der Waals surface area (Å²) in [7, 11) is 3.09. The second-order valence-electron chi connectivity index (χ2n) is 5.29. The number of H-pyrrole nitrogens is 1. The van der Waals surface area contributed by atoms with Crippen molar-refractivity contribution in [3.8, 4) is 22.9 Å². The molecule has 0 saturated carbocycles. The van der Waals surface area contributed by atoms with Crippen LogP contribution < -0.4 is 9.47 Å². The van der Waals surface area contributed by atoms with Crippen LogP contribution in [0.2, 0.25) is 0 Å². The van der Waals surface area contributed by atoms with Gasteiger partial charge in [-0.2, -0.15) is 14.9 Å². The van der Waals surface area contributed by atoms with Crippen molar-refractivity contribution in [1.29, 1.82) is 0 Å². The number of rotatable bonds is 6. The molecule has 1 aromatic heterocycles. The van der Waals surface area contributed by atoms with Crippen molar-refractivity contribution in [3.63, 3.8) is 0 Å².